The van der Waals surface area contributed by atoms with Gasteiger partial charge in [0.25, 0.3) is 0 Å². The Bertz CT molecular complexity index is 498. The molecule has 2 fully saturated rings. The lowest BCUT2D eigenvalue weighted by Crippen LogP contribution is -2.37. The van der Waals surface area contributed by atoms with Crippen LogP contribution in [0.1, 0.15) is 38.5 Å². The Hall–Kier alpha value is -0.970. The molecule has 1 aromatic rings. The van der Waals surface area contributed by atoms with Crippen molar-refractivity contribution in [2.75, 3.05) is 23.3 Å². The van der Waals surface area contributed by atoms with Crippen molar-refractivity contribution in [3.63, 3.8) is 0 Å². The fourth-order valence-corrected chi connectivity index (χ4v) is 2.73. The summed E-state index contributed by atoms with van der Waals surface area (Å²) in [6.45, 7) is 2.22. The number of nitrogens with one attached hydrogen (secondary N) is 1. The van der Waals surface area contributed by atoms with E-state index in [0.717, 1.165) is 31.6 Å². The molecule has 0 unspecified atom stereocenters. The molecule has 1 aliphatic heterocycles. The normalized spacial score (nSPS) is 19.2. The van der Waals surface area contributed by atoms with Crippen LogP contribution in [0.2, 0.25) is 0 Å². The van der Waals surface area contributed by atoms with E-state index in [4.69, 9.17) is 5.73 Å². The van der Waals surface area contributed by atoms with E-state index in [-0.39, 0.29) is 30.7 Å². The molecule has 22 heavy (non-hydrogen) atoms. The van der Waals surface area contributed by atoms with Gasteiger partial charge < -0.3 is 16.0 Å². The lowest BCUT2D eigenvalue weighted by Gasteiger charge is -2.23. The average Bonchev–Trinajstić information content (AvgIpc) is 3.23. The van der Waals surface area contributed by atoms with Crippen LogP contribution in [0.3, 0.4) is 0 Å². The van der Waals surface area contributed by atoms with Gasteiger partial charge in [0.05, 0.1) is 5.54 Å². The van der Waals surface area contributed by atoms with Crippen molar-refractivity contribution in [3.8, 4) is 0 Å². The van der Waals surface area contributed by atoms with E-state index in [0.29, 0.717) is 0 Å². The van der Waals surface area contributed by atoms with Gasteiger partial charge in [0.1, 0.15) is 0 Å². The SMILES string of the molecule is Cl.Cl.NC1(C(=O)Nc2cccc(N3CCCCCC3)c2)CC1. The third-order valence-corrected chi connectivity index (χ3v) is 4.32. The second-order valence-corrected chi connectivity index (χ2v) is 6.06. The number of amides is 1. The van der Waals surface area contributed by atoms with E-state index in [9.17, 15) is 4.79 Å². The highest BCUT2D eigenvalue weighted by atomic mass is 35.5. The number of benzene rings is 1. The Balaban J connectivity index is 0.00000121. The van der Waals surface area contributed by atoms with E-state index in [2.05, 4.69) is 22.3 Å². The first kappa shape index (κ1) is 19.1. The number of carbonyl (C=O) groups is 1. The fraction of sp³-hybridized carbons (Fsp3) is 0.562. The highest BCUT2D eigenvalue weighted by molar-refractivity contribution is 6.00. The Morgan fingerprint density at radius 1 is 1.09 bits per heavy atom. The molecule has 2 aliphatic rings. The first-order valence-corrected chi connectivity index (χ1v) is 7.63. The maximum Gasteiger partial charge on any atom is 0.244 e. The summed E-state index contributed by atoms with van der Waals surface area (Å²) in [7, 11) is 0. The van der Waals surface area contributed by atoms with Crippen molar-refractivity contribution in [1.29, 1.82) is 0 Å². The van der Waals surface area contributed by atoms with Crippen molar-refractivity contribution in [1.82, 2.24) is 0 Å². The summed E-state index contributed by atoms with van der Waals surface area (Å²) in [5, 5.41) is 2.95. The highest BCUT2D eigenvalue weighted by Crippen LogP contribution is 2.33. The fourth-order valence-electron chi connectivity index (χ4n) is 2.73. The molecule has 0 atom stereocenters. The predicted molar refractivity (Wildman–Crippen MR) is 96.4 cm³/mol. The molecular formula is C16H25Cl2N3O. The molecule has 1 amide bonds. The van der Waals surface area contributed by atoms with E-state index >= 15 is 0 Å². The monoisotopic (exact) mass is 345 g/mol. The van der Waals surface area contributed by atoms with E-state index in [1.54, 1.807) is 0 Å². The highest BCUT2D eigenvalue weighted by Gasteiger charge is 2.45. The topological polar surface area (TPSA) is 58.4 Å². The first-order chi connectivity index (χ1) is 9.67. The number of hydrogen-bond acceptors (Lipinski definition) is 3. The van der Waals surface area contributed by atoms with Gasteiger partial charge in [0.2, 0.25) is 5.91 Å². The molecule has 0 radical (unpaired) electrons. The van der Waals surface area contributed by atoms with Crippen LogP contribution in [0, 0.1) is 0 Å². The van der Waals surface area contributed by atoms with E-state index in [1.165, 1.54) is 31.4 Å². The second-order valence-electron chi connectivity index (χ2n) is 6.06. The van der Waals surface area contributed by atoms with Crippen LogP contribution >= 0.6 is 24.8 Å². The predicted octanol–water partition coefficient (Wildman–Crippen LogP) is 3.34. The van der Waals surface area contributed by atoms with Crippen LogP contribution in [-0.2, 0) is 4.79 Å². The van der Waals surface area contributed by atoms with Gasteiger partial charge in [0, 0.05) is 24.5 Å². The third-order valence-electron chi connectivity index (χ3n) is 4.32. The Morgan fingerprint density at radius 2 is 1.73 bits per heavy atom. The lowest BCUT2D eigenvalue weighted by molar-refractivity contribution is -0.118. The molecule has 3 rings (SSSR count). The summed E-state index contributed by atoms with van der Waals surface area (Å²) in [6.07, 6.45) is 6.74. The molecular weight excluding hydrogens is 321 g/mol. The maximum absolute atomic E-state index is 12.0. The lowest BCUT2D eigenvalue weighted by atomic mass is 10.2. The summed E-state index contributed by atoms with van der Waals surface area (Å²) in [6, 6.07) is 8.13. The van der Waals surface area contributed by atoms with Gasteiger partial charge in [-0.15, -0.1) is 24.8 Å². The molecule has 4 nitrogen and oxygen atoms in total. The first-order valence-electron chi connectivity index (χ1n) is 7.63. The van der Waals surface area contributed by atoms with Crippen molar-refractivity contribution in [2.45, 2.75) is 44.1 Å². The molecule has 1 saturated carbocycles. The van der Waals surface area contributed by atoms with E-state index < -0.39 is 5.54 Å². The zero-order valence-corrected chi connectivity index (χ0v) is 14.3. The minimum Gasteiger partial charge on any atom is -0.371 e. The Morgan fingerprint density at radius 3 is 2.32 bits per heavy atom. The molecule has 1 heterocycles. The van der Waals surface area contributed by atoms with Gasteiger partial charge in [-0.05, 0) is 43.9 Å². The van der Waals surface area contributed by atoms with Crippen LogP contribution in [-0.4, -0.2) is 24.5 Å². The summed E-state index contributed by atoms with van der Waals surface area (Å²) >= 11 is 0. The number of nitrogens with zero attached hydrogens (tertiary/aromatic N) is 1. The number of rotatable bonds is 3. The number of nitrogens with two attached hydrogens (primary N) is 1. The van der Waals surface area contributed by atoms with Crippen LogP contribution < -0.4 is 16.0 Å². The van der Waals surface area contributed by atoms with Crippen molar-refractivity contribution in [2.24, 2.45) is 5.73 Å². The number of halogens is 2. The van der Waals surface area contributed by atoms with Gasteiger partial charge in [0.15, 0.2) is 0 Å². The average molecular weight is 346 g/mol. The van der Waals surface area contributed by atoms with E-state index in [1.807, 2.05) is 12.1 Å². The Kier molecular flexibility index (Phi) is 6.98. The maximum atomic E-state index is 12.0. The number of carbonyl (C=O) groups excluding carboxylic acids is 1. The molecule has 1 saturated heterocycles. The van der Waals surface area contributed by atoms with Gasteiger partial charge in [-0.1, -0.05) is 18.9 Å². The van der Waals surface area contributed by atoms with Crippen LogP contribution in [0.25, 0.3) is 0 Å². The summed E-state index contributed by atoms with van der Waals surface area (Å²) in [5.41, 5.74) is 7.36. The smallest absolute Gasteiger partial charge is 0.244 e. The van der Waals surface area contributed by atoms with Crippen molar-refractivity contribution in [3.05, 3.63) is 24.3 Å². The summed E-state index contributed by atoms with van der Waals surface area (Å²) in [4.78, 5) is 14.4. The third kappa shape index (κ3) is 4.51. The van der Waals surface area contributed by atoms with Gasteiger partial charge >= 0.3 is 0 Å². The molecule has 0 bridgehead atoms. The number of hydrogen-bond donors (Lipinski definition) is 2. The van der Waals surface area contributed by atoms with Crippen LogP contribution in [0.15, 0.2) is 24.3 Å². The molecule has 6 heteroatoms. The molecule has 124 valence electrons. The zero-order chi connectivity index (χ0) is 14.0. The molecule has 0 spiro atoms. The van der Waals surface area contributed by atoms with Gasteiger partial charge in [-0.3, -0.25) is 4.79 Å². The zero-order valence-electron chi connectivity index (χ0n) is 12.7. The molecule has 1 aromatic carbocycles. The molecule has 0 aromatic heterocycles. The van der Waals surface area contributed by atoms with Crippen molar-refractivity contribution < 1.29 is 4.79 Å². The quantitative estimate of drug-likeness (QED) is 0.883. The molecule has 1 aliphatic carbocycles. The van der Waals surface area contributed by atoms with Crippen molar-refractivity contribution >= 4 is 42.1 Å². The summed E-state index contributed by atoms with van der Waals surface area (Å²) in [5.74, 6) is -0.0504. The number of anilines is 2. The summed E-state index contributed by atoms with van der Waals surface area (Å²) < 4.78 is 0. The van der Waals surface area contributed by atoms with Gasteiger partial charge in [-0.2, -0.15) is 0 Å². The minimum atomic E-state index is -0.612. The Labute approximate surface area is 144 Å². The minimum absolute atomic E-state index is 0. The van der Waals surface area contributed by atoms with Gasteiger partial charge in [-0.25, -0.2) is 0 Å². The molecule has 3 N–H and O–H groups in total. The standard InChI is InChI=1S/C16H23N3O.2ClH/c17-16(8-9-16)15(20)18-13-6-5-7-14(12-13)19-10-3-1-2-4-11-19;;/h5-7,12H,1-4,8-11,17H2,(H,18,20);2*1H. The van der Waals surface area contributed by atoms with Crippen LogP contribution in [0.4, 0.5) is 11.4 Å². The second kappa shape index (κ2) is 8.04. The largest absolute Gasteiger partial charge is 0.371 e. The van der Waals surface area contributed by atoms with Crippen LogP contribution in [0.5, 0.6) is 0 Å².